The Morgan fingerprint density at radius 3 is 2.77 bits per heavy atom. The van der Waals surface area contributed by atoms with E-state index in [1.54, 1.807) is 25.2 Å². The maximum Gasteiger partial charge on any atom is 0.293 e. The van der Waals surface area contributed by atoms with Crippen molar-refractivity contribution in [2.24, 2.45) is 0 Å². The predicted octanol–water partition coefficient (Wildman–Crippen LogP) is 2.59. The third kappa shape index (κ3) is 1.92. The Hall–Kier alpha value is -2.88. The number of benzene rings is 1. The van der Waals surface area contributed by atoms with E-state index < -0.39 is 10.5 Å². The summed E-state index contributed by atoms with van der Waals surface area (Å²) in [6.07, 6.45) is 2.24. The highest BCUT2D eigenvalue weighted by Gasteiger charge is 2.44. The van der Waals surface area contributed by atoms with Crippen LogP contribution in [0, 0.1) is 21.4 Å². The molecule has 2 aromatic rings. The molecule has 1 amide bonds. The van der Waals surface area contributed by atoms with Crippen molar-refractivity contribution in [1.82, 2.24) is 9.88 Å². The number of hydrogen-bond donors (Lipinski definition) is 1. The van der Waals surface area contributed by atoms with Gasteiger partial charge in [0, 0.05) is 18.5 Å². The van der Waals surface area contributed by atoms with Gasteiger partial charge in [0.1, 0.15) is 16.7 Å². The number of nitriles is 1. The first kappa shape index (κ1) is 14.1. The molecule has 22 heavy (non-hydrogen) atoms. The summed E-state index contributed by atoms with van der Waals surface area (Å²) in [4.78, 5) is 27.4. The highest BCUT2D eigenvalue weighted by Crippen LogP contribution is 2.37. The number of rotatable bonds is 3. The van der Waals surface area contributed by atoms with Crippen LogP contribution in [0.15, 0.2) is 24.3 Å². The molecule has 7 heteroatoms. The number of non-ortho nitro benzene ring substituents is 1. The van der Waals surface area contributed by atoms with Gasteiger partial charge < -0.3 is 9.88 Å². The van der Waals surface area contributed by atoms with E-state index in [4.69, 9.17) is 0 Å². The molecule has 0 bridgehead atoms. The predicted molar refractivity (Wildman–Crippen MR) is 79.2 cm³/mol. The average Bonchev–Trinajstić information content (AvgIpc) is 2.89. The van der Waals surface area contributed by atoms with Crippen molar-refractivity contribution in [2.75, 3.05) is 7.05 Å². The van der Waals surface area contributed by atoms with Gasteiger partial charge >= 0.3 is 0 Å². The van der Waals surface area contributed by atoms with E-state index in [9.17, 15) is 20.2 Å². The van der Waals surface area contributed by atoms with Crippen molar-refractivity contribution in [2.45, 2.75) is 24.8 Å². The second-order valence-corrected chi connectivity index (χ2v) is 5.54. The molecule has 1 aliphatic carbocycles. The summed E-state index contributed by atoms with van der Waals surface area (Å²) in [5.74, 6) is -0.327. The van der Waals surface area contributed by atoms with Crippen LogP contribution in [0.4, 0.5) is 5.69 Å². The number of carbonyl (C=O) groups excluding carboxylic acids is 1. The van der Waals surface area contributed by atoms with Crippen LogP contribution in [0.25, 0.3) is 10.9 Å². The molecule has 0 atom stereocenters. The Balaban J connectivity index is 2.00. The van der Waals surface area contributed by atoms with Crippen molar-refractivity contribution in [1.29, 1.82) is 5.26 Å². The van der Waals surface area contributed by atoms with Crippen molar-refractivity contribution in [3.63, 3.8) is 0 Å². The molecule has 1 aliphatic rings. The van der Waals surface area contributed by atoms with Gasteiger partial charge in [-0.1, -0.05) is 12.1 Å². The van der Waals surface area contributed by atoms with Gasteiger partial charge in [-0.2, -0.15) is 5.26 Å². The summed E-state index contributed by atoms with van der Waals surface area (Å²) in [6, 6.07) is 8.47. The van der Waals surface area contributed by atoms with Crippen LogP contribution in [0.2, 0.25) is 0 Å². The highest BCUT2D eigenvalue weighted by molar-refractivity contribution is 6.00. The standard InChI is InChI=1S/C15H14N4O3/c1-18(15(9-16)6-3-7-15)14(20)11-8-10-4-2-5-12(19(21)22)13(10)17-11/h2,4-5,8,17H,3,6-7H2,1H3. The maximum absolute atomic E-state index is 12.6. The average molecular weight is 298 g/mol. The fourth-order valence-electron chi connectivity index (χ4n) is 2.82. The second kappa shape index (κ2) is 4.84. The Kier molecular flexibility index (Phi) is 3.10. The van der Waals surface area contributed by atoms with E-state index in [0.717, 1.165) is 6.42 Å². The van der Waals surface area contributed by atoms with E-state index in [0.29, 0.717) is 23.7 Å². The van der Waals surface area contributed by atoms with Crippen molar-refractivity contribution >= 4 is 22.5 Å². The van der Waals surface area contributed by atoms with Crippen LogP contribution in [-0.2, 0) is 0 Å². The van der Waals surface area contributed by atoms with Gasteiger partial charge in [-0.3, -0.25) is 14.9 Å². The summed E-state index contributed by atoms with van der Waals surface area (Å²) < 4.78 is 0. The van der Waals surface area contributed by atoms with Gasteiger partial charge in [0.25, 0.3) is 11.6 Å². The fourth-order valence-corrected chi connectivity index (χ4v) is 2.82. The minimum absolute atomic E-state index is 0.0714. The smallest absolute Gasteiger partial charge is 0.293 e. The summed E-state index contributed by atoms with van der Waals surface area (Å²) in [5.41, 5.74) is -0.240. The largest absolute Gasteiger partial charge is 0.345 e. The molecule has 0 spiro atoms. The number of aromatic amines is 1. The molecule has 7 nitrogen and oxygen atoms in total. The monoisotopic (exact) mass is 298 g/mol. The molecule has 0 aliphatic heterocycles. The first-order valence-corrected chi connectivity index (χ1v) is 6.94. The number of carbonyl (C=O) groups is 1. The quantitative estimate of drug-likeness (QED) is 0.694. The van der Waals surface area contributed by atoms with E-state index in [2.05, 4.69) is 11.1 Å². The molecule has 1 aromatic carbocycles. The first-order valence-electron chi connectivity index (χ1n) is 6.94. The van der Waals surface area contributed by atoms with Gasteiger partial charge in [0.05, 0.1) is 11.0 Å². The normalized spacial score (nSPS) is 15.8. The minimum atomic E-state index is -0.750. The Morgan fingerprint density at radius 2 is 2.23 bits per heavy atom. The van der Waals surface area contributed by atoms with Crippen LogP contribution < -0.4 is 0 Å². The first-order chi connectivity index (χ1) is 10.5. The molecule has 0 radical (unpaired) electrons. The number of H-pyrrole nitrogens is 1. The topological polar surface area (TPSA) is 103 Å². The van der Waals surface area contributed by atoms with Gasteiger partial charge in [-0.15, -0.1) is 0 Å². The van der Waals surface area contributed by atoms with Gasteiger partial charge in [-0.05, 0) is 25.3 Å². The molecule has 0 saturated heterocycles. The van der Waals surface area contributed by atoms with E-state index in [1.807, 2.05) is 0 Å². The lowest BCUT2D eigenvalue weighted by molar-refractivity contribution is -0.383. The van der Waals surface area contributed by atoms with Crippen LogP contribution >= 0.6 is 0 Å². The summed E-state index contributed by atoms with van der Waals surface area (Å²) in [6.45, 7) is 0. The number of nitrogens with one attached hydrogen (secondary N) is 1. The second-order valence-electron chi connectivity index (χ2n) is 5.54. The van der Waals surface area contributed by atoms with Crippen LogP contribution in [0.1, 0.15) is 29.8 Å². The molecular weight excluding hydrogens is 284 g/mol. The van der Waals surface area contributed by atoms with E-state index in [1.165, 1.54) is 11.0 Å². The number of hydrogen-bond acceptors (Lipinski definition) is 4. The molecule has 1 fully saturated rings. The van der Waals surface area contributed by atoms with E-state index in [-0.39, 0.29) is 17.3 Å². The molecule has 1 N–H and O–H groups in total. The van der Waals surface area contributed by atoms with Crippen molar-refractivity contribution in [3.05, 3.63) is 40.1 Å². The third-order valence-electron chi connectivity index (χ3n) is 4.40. The number of nitrogens with zero attached hydrogens (tertiary/aromatic N) is 3. The maximum atomic E-state index is 12.6. The lowest BCUT2D eigenvalue weighted by atomic mass is 9.76. The molecule has 3 rings (SSSR count). The Labute approximate surface area is 126 Å². The number of para-hydroxylation sites is 1. The third-order valence-corrected chi connectivity index (χ3v) is 4.40. The summed E-state index contributed by atoms with van der Waals surface area (Å²) in [7, 11) is 1.60. The lowest BCUT2D eigenvalue weighted by Gasteiger charge is -2.42. The zero-order chi connectivity index (χ0) is 15.9. The molecule has 0 unspecified atom stereocenters. The number of nitro groups is 1. The molecular formula is C15H14N4O3. The Morgan fingerprint density at radius 1 is 1.50 bits per heavy atom. The zero-order valence-electron chi connectivity index (χ0n) is 12.0. The number of nitro benzene ring substituents is 1. The van der Waals surface area contributed by atoms with Crippen molar-refractivity contribution < 1.29 is 9.72 Å². The zero-order valence-corrected chi connectivity index (χ0v) is 12.0. The van der Waals surface area contributed by atoms with Crippen LogP contribution in [0.5, 0.6) is 0 Å². The number of aromatic nitrogens is 1. The molecule has 1 saturated carbocycles. The van der Waals surface area contributed by atoms with Gasteiger partial charge in [-0.25, -0.2) is 0 Å². The SMILES string of the molecule is CN(C(=O)c1cc2cccc([N+](=O)[O-])c2[nH]1)C1(C#N)CCC1. The van der Waals surface area contributed by atoms with Gasteiger partial charge in [0.15, 0.2) is 0 Å². The molecule has 1 aromatic heterocycles. The van der Waals surface area contributed by atoms with Crippen LogP contribution in [-0.4, -0.2) is 33.3 Å². The van der Waals surface area contributed by atoms with Crippen LogP contribution in [0.3, 0.4) is 0 Å². The van der Waals surface area contributed by atoms with E-state index >= 15 is 0 Å². The molecule has 1 heterocycles. The lowest BCUT2D eigenvalue weighted by Crippen LogP contribution is -2.53. The summed E-state index contributed by atoms with van der Waals surface area (Å²) >= 11 is 0. The number of fused-ring (bicyclic) bond motifs is 1. The summed E-state index contributed by atoms with van der Waals surface area (Å²) in [5, 5.41) is 21.0. The number of amides is 1. The van der Waals surface area contributed by atoms with Crippen molar-refractivity contribution in [3.8, 4) is 6.07 Å². The minimum Gasteiger partial charge on any atom is -0.345 e. The highest BCUT2D eigenvalue weighted by atomic mass is 16.6. The Bertz CT molecular complexity index is 814. The molecule has 112 valence electrons. The fraction of sp³-hybridized carbons (Fsp3) is 0.333. The van der Waals surface area contributed by atoms with Gasteiger partial charge in [0.2, 0.25) is 0 Å².